The molecule has 3 N–H and O–H groups in total. The minimum Gasteiger partial charge on any atom is -0.465 e. The van der Waals surface area contributed by atoms with Gasteiger partial charge in [0, 0.05) is 24.0 Å². The number of methoxy groups -OCH3 is 1. The van der Waals surface area contributed by atoms with E-state index < -0.39 is 0 Å². The fraction of sp³-hybridized carbons (Fsp3) is 0.286. The van der Waals surface area contributed by atoms with Crippen LogP contribution in [-0.4, -0.2) is 24.6 Å². The van der Waals surface area contributed by atoms with E-state index in [9.17, 15) is 4.79 Å². The zero-order chi connectivity index (χ0) is 14.5. The monoisotopic (exact) mass is 291 g/mol. The highest BCUT2D eigenvalue weighted by molar-refractivity contribution is 7.09. The van der Waals surface area contributed by atoms with E-state index in [4.69, 9.17) is 5.73 Å². The van der Waals surface area contributed by atoms with Crippen molar-refractivity contribution in [3.8, 4) is 0 Å². The SMILES string of the molecule is COC(=O)c1ccc(NCCc2nc(C)cs2)c(N)c1. The second kappa shape index (κ2) is 6.38. The molecule has 20 heavy (non-hydrogen) atoms. The molecule has 0 spiro atoms. The molecule has 0 aliphatic rings. The van der Waals surface area contributed by atoms with Gasteiger partial charge in [-0.2, -0.15) is 0 Å². The number of nitrogens with one attached hydrogen (secondary N) is 1. The van der Waals surface area contributed by atoms with Crippen LogP contribution in [0.25, 0.3) is 0 Å². The molecular weight excluding hydrogens is 274 g/mol. The van der Waals surface area contributed by atoms with Crippen LogP contribution in [0.4, 0.5) is 11.4 Å². The summed E-state index contributed by atoms with van der Waals surface area (Å²) in [6.07, 6.45) is 0.844. The van der Waals surface area contributed by atoms with Gasteiger partial charge in [0.15, 0.2) is 0 Å². The number of hydrogen-bond donors (Lipinski definition) is 2. The molecule has 0 aliphatic carbocycles. The highest BCUT2D eigenvalue weighted by Gasteiger charge is 2.08. The first kappa shape index (κ1) is 14.3. The van der Waals surface area contributed by atoms with Crippen molar-refractivity contribution >= 4 is 28.7 Å². The van der Waals surface area contributed by atoms with E-state index in [1.54, 1.807) is 29.5 Å². The number of benzene rings is 1. The van der Waals surface area contributed by atoms with Gasteiger partial charge >= 0.3 is 5.97 Å². The summed E-state index contributed by atoms with van der Waals surface area (Å²) in [5, 5.41) is 6.38. The number of carbonyl (C=O) groups is 1. The number of aromatic nitrogens is 1. The quantitative estimate of drug-likeness (QED) is 0.653. The van der Waals surface area contributed by atoms with Crippen molar-refractivity contribution in [2.45, 2.75) is 13.3 Å². The van der Waals surface area contributed by atoms with E-state index in [1.165, 1.54) is 7.11 Å². The molecule has 106 valence electrons. The number of rotatable bonds is 5. The van der Waals surface area contributed by atoms with Crippen LogP contribution in [0.15, 0.2) is 23.6 Å². The van der Waals surface area contributed by atoms with E-state index >= 15 is 0 Å². The van der Waals surface area contributed by atoms with Crippen LogP contribution >= 0.6 is 11.3 Å². The molecule has 0 atom stereocenters. The van der Waals surface area contributed by atoms with Crippen molar-refractivity contribution in [3.05, 3.63) is 39.8 Å². The molecule has 0 bridgehead atoms. The lowest BCUT2D eigenvalue weighted by atomic mass is 10.1. The van der Waals surface area contributed by atoms with Crippen molar-refractivity contribution in [3.63, 3.8) is 0 Å². The van der Waals surface area contributed by atoms with Gasteiger partial charge < -0.3 is 15.8 Å². The van der Waals surface area contributed by atoms with Crippen molar-refractivity contribution in [1.29, 1.82) is 0 Å². The summed E-state index contributed by atoms with van der Waals surface area (Å²) < 4.78 is 4.65. The molecule has 0 aliphatic heterocycles. The molecular formula is C14H17N3O2S. The molecule has 1 aromatic carbocycles. The number of nitrogens with two attached hydrogens (primary N) is 1. The fourth-order valence-electron chi connectivity index (χ4n) is 1.79. The number of esters is 1. The predicted molar refractivity (Wildman–Crippen MR) is 81.2 cm³/mol. The maximum atomic E-state index is 11.4. The smallest absolute Gasteiger partial charge is 0.337 e. The number of nitrogen functional groups attached to an aromatic ring is 1. The Morgan fingerprint density at radius 2 is 2.30 bits per heavy atom. The molecule has 0 saturated heterocycles. The van der Waals surface area contributed by atoms with Crippen molar-refractivity contribution < 1.29 is 9.53 Å². The number of anilines is 2. The lowest BCUT2D eigenvalue weighted by Gasteiger charge is -2.09. The summed E-state index contributed by atoms with van der Waals surface area (Å²) in [6, 6.07) is 5.09. The standard InChI is InChI=1S/C14H17N3O2S/c1-9-8-20-13(17-9)5-6-16-12-4-3-10(7-11(12)15)14(18)19-2/h3-4,7-8,16H,5-6,15H2,1-2H3. The lowest BCUT2D eigenvalue weighted by molar-refractivity contribution is 0.0601. The van der Waals surface area contributed by atoms with Gasteiger partial charge in [0.2, 0.25) is 0 Å². The van der Waals surface area contributed by atoms with Gasteiger partial charge in [0.05, 0.1) is 29.1 Å². The number of carbonyl (C=O) groups excluding carboxylic acids is 1. The van der Waals surface area contributed by atoms with Gasteiger partial charge in [-0.1, -0.05) is 0 Å². The van der Waals surface area contributed by atoms with Crippen LogP contribution < -0.4 is 11.1 Å². The summed E-state index contributed by atoms with van der Waals surface area (Å²) in [5.41, 5.74) is 8.75. The zero-order valence-electron chi connectivity index (χ0n) is 11.5. The Labute approximate surface area is 121 Å². The Hall–Kier alpha value is -2.08. The van der Waals surface area contributed by atoms with Crippen LogP contribution in [0.2, 0.25) is 0 Å². The Bertz CT molecular complexity index is 610. The number of hydrogen-bond acceptors (Lipinski definition) is 6. The van der Waals surface area contributed by atoms with Crippen LogP contribution in [0.5, 0.6) is 0 Å². The molecule has 0 fully saturated rings. The Morgan fingerprint density at radius 3 is 2.90 bits per heavy atom. The van der Waals surface area contributed by atoms with E-state index in [1.807, 2.05) is 12.3 Å². The predicted octanol–water partition coefficient (Wildman–Crippen LogP) is 2.47. The molecule has 5 nitrogen and oxygen atoms in total. The number of thiazole rings is 1. The van der Waals surface area contributed by atoms with Crippen molar-refractivity contribution in [2.75, 3.05) is 24.7 Å². The van der Waals surface area contributed by atoms with Crippen LogP contribution in [-0.2, 0) is 11.2 Å². The third-order valence-corrected chi connectivity index (χ3v) is 3.82. The Morgan fingerprint density at radius 1 is 1.50 bits per heavy atom. The first-order chi connectivity index (χ1) is 9.60. The van der Waals surface area contributed by atoms with Crippen LogP contribution in [0.1, 0.15) is 21.1 Å². The summed E-state index contributed by atoms with van der Waals surface area (Å²) in [6.45, 7) is 2.73. The average Bonchev–Trinajstić information content (AvgIpc) is 2.85. The molecule has 0 unspecified atom stereocenters. The summed E-state index contributed by atoms with van der Waals surface area (Å²) in [7, 11) is 1.35. The number of nitrogens with zero attached hydrogens (tertiary/aromatic N) is 1. The topological polar surface area (TPSA) is 77.2 Å². The summed E-state index contributed by atoms with van der Waals surface area (Å²) >= 11 is 1.65. The van der Waals surface area contributed by atoms with E-state index in [-0.39, 0.29) is 5.97 Å². The molecule has 1 heterocycles. The average molecular weight is 291 g/mol. The van der Waals surface area contributed by atoms with E-state index in [0.29, 0.717) is 11.3 Å². The lowest BCUT2D eigenvalue weighted by Crippen LogP contribution is -2.08. The van der Waals surface area contributed by atoms with Crippen molar-refractivity contribution in [1.82, 2.24) is 4.98 Å². The number of aryl methyl sites for hydroxylation is 1. The minimum absolute atomic E-state index is 0.387. The third kappa shape index (κ3) is 3.48. The van der Waals surface area contributed by atoms with Gasteiger partial charge in [0.25, 0.3) is 0 Å². The molecule has 0 saturated carbocycles. The van der Waals surface area contributed by atoms with E-state index in [0.717, 1.165) is 29.4 Å². The van der Waals surface area contributed by atoms with Gasteiger partial charge in [-0.3, -0.25) is 0 Å². The highest BCUT2D eigenvalue weighted by atomic mass is 32.1. The van der Waals surface area contributed by atoms with Gasteiger partial charge in [-0.15, -0.1) is 11.3 Å². The van der Waals surface area contributed by atoms with Crippen LogP contribution in [0, 0.1) is 6.92 Å². The normalized spacial score (nSPS) is 10.3. The number of ether oxygens (including phenoxy) is 1. The molecule has 2 rings (SSSR count). The maximum Gasteiger partial charge on any atom is 0.337 e. The van der Waals surface area contributed by atoms with E-state index in [2.05, 4.69) is 15.0 Å². The Balaban J connectivity index is 1.94. The second-order valence-electron chi connectivity index (χ2n) is 4.35. The molecule has 0 radical (unpaired) electrons. The van der Waals surface area contributed by atoms with Gasteiger partial charge in [-0.25, -0.2) is 9.78 Å². The second-order valence-corrected chi connectivity index (χ2v) is 5.30. The Kier molecular flexibility index (Phi) is 4.57. The van der Waals surface area contributed by atoms with Gasteiger partial charge in [-0.05, 0) is 25.1 Å². The molecule has 6 heteroatoms. The first-order valence-corrected chi connectivity index (χ1v) is 7.11. The highest BCUT2D eigenvalue weighted by Crippen LogP contribution is 2.20. The maximum absolute atomic E-state index is 11.4. The summed E-state index contributed by atoms with van der Waals surface area (Å²) in [5.74, 6) is -0.387. The zero-order valence-corrected chi connectivity index (χ0v) is 12.3. The molecule has 1 aromatic heterocycles. The first-order valence-electron chi connectivity index (χ1n) is 6.23. The van der Waals surface area contributed by atoms with Gasteiger partial charge in [0.1, 0.15) is 0 Å². The minimum atomic E-state index is -0.387. The third-order valence-electron chi connectivity index (χ3n) is 2.79. The summed E-state index contributed by atoms with van der Waals surface area (Å²) in [4.78, 5) is 15.8. The van der Waals surface area contributed by atoms with Crippen LogP contribution in [0.3, 0.4) is 0 Å². The van der Waals surface area contributed by atoms with Crippen molar-refractivity contribution in [2.24, 2.45) is 0 Å². The largest absolute Gasteiger partial charge is 0.465 e. The fourth-order valence-corrected chi connectivity index (χ4v) is 2.57. The molecule has 0 amide bonds. The molecule has 2 aromatic rings.